The molecule has 0 atom stereocenters. The maximum absolute atomic E-state index is 3.79. The van der Waals surface area contributed by atoms with Crippen molar-refractivity contribution in [1.29, 1.82) is 0 Å². The van der Waals surface area contributed by atoms with Gasteiger partial charge in [-0.05, 0) is 31.9 Å². The van der Waals surface area contributed by atoms with Crippen LogP contribution < -0.4 is 0 Å². The van der Waals surface area contributed by atoms with E-state index in [4.69, 9.17) is 0 Å². The van der Waals surface area contributed by atoms with Gasteiger partial charge in [-0.1, -0.05) is 80.3 Å². The zero-order valence-corrected chi connectivity index (χ0v) is 13.2. The van der Waals surface area contributed by atoms with Crippen molar-refractivity contribution in [3.8, 4) is 11.8 Å². The van der Waals surface area contributed by atoms with E-state index in [1.165, 1.54) is 11.1 Å². The summed E-state index contributed by atoms with van der Waals surface area (Å²) in [5.41, 5.74) is 3.53. The van der Waals surface area contributed by atoms with Crippen molar-refractivity contribution in [2.45, 2.75) is 40.5 Å². The molecule has 0 saturated carbocycles. The van der Waals surface area contributed by atoms with Gasteiger partial charge >= 0.3 is 0 Å². The number of benzene rings is 1. The van der Waals surface area contributed by atoms with Crippen LogP contribution in [0.15, 0.2) is 66.3 Å². The molecule has 0 nitrogen and oxygen atoms in total. The maximum Gasteiger partial charge on any atom is 0.0241 e. The van der Waals surface area contributed by atoms with Gasteiger partial charge in [0.05, 0.1) is 0 Å². The van der Waals surface area contributed by atoms with E-state index < -0.39 is 0 Å². The molecule has 0 aliphatic carbocycles. The highest BCUT2D eigenvalue weighted by Crippen LogP contribution is 2.04. The summed E-state index contributed by atoms with van der Waals surface area (Å²) in [6.45, 7) is 11.9. The van der Waals surface area contributed by atoms with Crippen LogP contribution in [0.5, 0.6) is 0 Å². The van der Waals surface area contributed by atoms with Crippen LogP contribution in [0.2, 0.25) is 0 Å². The first-order chi connectivity index (χ1) is 9.76. The van der Waals surface area contributed by atoms with Gasteiger partial charge in [0.25, 0.3) is 0 Å². The quantitative estimate of drug-likeness (QED) is 0.482. The van der Waals surface area contributed by atoms with Crippen molar-refractivity contribution in [2.75, 3.05) is 0 Å². The number of hydrogen-bond acceptors (Lipinski definition) is 0. The number of allylic oxidation sites excluding steroid dienone is 5. The molecule has 0 aliphatic rings. The lowest BCUT2D eigenvalue weighted by Crippen LogP contribution is -1.82. The third-order valence-electron chi connectivity index (χ3n) is 2.67. The smallest absolute Gasteiger partial charge is 0.0241 e. The Labute approximate surface area is 124 Å². The molecule has 0 heteroatoms. The number of rotatable bonds is 4. The molecular formula is C20H26. The topological polar surface area (TPSA) is 0 Å². The van der Waals surface area contributed by atoms with Gasteiger partial charge in [-0.3, -0.25) is 0 Å². The fraction of sp³-hybridized carbons (Fsp3) is 0.300. The molecule has 0 heterocycles. The minimum absolute atomic E-state index is 0.879. The largest absolute Gasteiger partial charge is 0.0978 e. The van der Waals surface area contributed by atoms with Gasteiger partial charge in [-0.2, -0.15) is 0 Å². The highest BCUT2D eigenvalue weighted by atomic mass is 13.9. The highest BCUT2D eigenvalue weighted by Gasteiger charge is 1.89. The van der Waals surface area contributed by atoms with Crippen molar-refractivity contribution < 1.29 is 0 Å². The molecule has 0 fully saturated rings. The Balaban J connectivity index is 0.00000172. The summed E-state index contributed by atoms with van der Waals surface area (Å²) in [4.78, 5) is 0. The van der Waals surface area contributed by atoms with E-state index in [1.807, 2.05) is 32.9 Å². The molecule has 1 rings (SSSR count). The van der Waals surface area contributed by atoms with Crippen LogP contribution in [0.4, 0.5) is 0 Å². The Kier molecular flexibility index (Phi) is 10.8. The molecule has 0 unspecified atom stereocenters. The van der Waals surface area contributed by atoms with Gasteiger partial charge < -0.3 is 0 Å². The Morgan fingerprint density at radius 1 is 1.20 bits per heavy atom. The zero-order chi connectivity index (χ0) is 15.2. The second-order valence-electron chi connectivity index (χ2n) is 4.12. The molecule has 0 spiro atoms. The normalized spacial score (nSPS) is 10.8. The molecule has 0 amide bonds. The van der Waals surface area contributed by atoms with Crippen LogP contribution >= 0.6 is 0 Å². The predicted octanol–water partition coefficient (Wildman–Crippen LogP) is 5.73. The molecule has 106 valence electrons. The average molecular weight is 266 g/mol. The van der Waals surface area contributed by atoms with Gasteiger partial charge in [0.1, 0.15) is 0 Å². The van der Waals surface area contributed by atoms with E-state index in [1.54, 1.807) is 0 Å². The van der Waals surface area contributed by atoms with E-state index in [9.17, 15) is 0 Å². The number of aryl methyl sites for hydroxylation is 1. The van der Waals surface area contributed by atoms with Crippen molar-refractivity contribution in [2.24, 2.45) is 0 Å². The molecule has 0 aliphatic heterocycles. The first-order valence-corrected chi connectivity index (χ1v) is 7.26. The lowest BCUT2D eigenvalue weighted by molar-refractivity contribution is 1.03. The Morgan fingerprint density at radius 2 is 1.85 bits per heavy atom. The fourth-order valence-corrected chi connectivity index (χ4v) is 1.49. The van der Waals surface area contributed by atoms with Crippen molar-refractivity contribution in [3.05, 3.63) is 71.8 Å². The number of hydrogen-bond donors (Lipinski definition) is 0. The molecular weight excluding hydrogens is 240 g/mol. The van der Waals surface area contributed by atoms with E-state index >= 15 is 0 Å². The maximum atomic E-state index is 3.79. The molecule has 1 aromatic carbocycles. The van der Waals surface area contributed by atoms with E-state index in [-0.39, 0.29) is 0 Å². The third kappa shape index (κ3) is 8.16. The summed E-state index contributed by atoms with van der Waals surface area (Å²) in [7, 11) is 0. The molecule has 0 N–H and O–H groups in total. The van der Waals surface area contributed by atoms with E-state index in [0.29, 0.717) is 0 Å². The van der Waals surface area contributed by atoms with Crippen LogP contribution in [0.3, 0.4) is 0 Å². The van der Waals surface area contributed by atoms with Crippen molar-refractivity contribution in [3.63, 3.8) is 0 Å². The highest BCUT2D eigenvalue weighted by molar-refractivity contribution is 5.41. The monoisotopic (exact) mass is 266 g/mol. The van der Waals surface area contributed by atoms with Gasteiger partial charge in [0.2, 0.25) is 0 Å². The lowest BCUT2D eigenvalue weighted by atomic mass is 10.1. The second kappa shape index (κ2) is 12.1. The van der Waals surface area contributed by atoms with Crippen LogP contribution in [-0.4, -0.2) is 0 Å². The fourth-order valence-electron chi connectivity index (χ4n) is 1.49. The van der Waals surface area contributed by atoms with E-state index in [2.05, 4.69) is 61.8 Å². The van der Waals surface area contributed by atoms with Gasteiger partial charge in [0.15, 0.2) is 0 Å². The summed E-state index contributed by atoms with van der Waals surface area (Å²) in [5, 5.41) is 0. The molecule has 1 aromatic rings. The van der Waals surface area contributed by atoms with Crippen molar-refractivity contribution in [1.82, 2.24) is 0 Å². The molecule has 0 aromatic heterocycles. The SMILES string of the molecule is C=C/C(C#CCCc1ccccc1)=C\C(C)=C/C.CC. The first-order valence-electron chi connectivity index (χ1n) is 7.26. The van der Waals surface area contributed by atoms with E-state index in [0.717, 1.165) is 18.4 Å². The summed E-state index contributed by atoms with van der Waals surface area (Å²) in [6, 6.07) is 10.4. The molecule has 0 saturated heterocycles. The summed E-state index contributed by atoms with van der Waals surface area (Å²) in [5.74, 6) is 6.35. The van der Waals surface area contributed by atoms with Gasteiger partial charge in [-0.25, -0.2) is 0 Å². The van der Waals surface area contributed by atoms with Gasteiger partial charge in [0, 0.05) is 12.0 Å². The third-order valence-corrected chi connectivity index (χ3v) is 2.67. The second-order valence-corrected chi connectivity index (χ2v) is 4.12. The summed E-state index contributed by atoms with van der Waals surface area (Å²) >= 11 is 0. The van der Waals surface area contributed by atoms with Crippen LogP contribution in [0, 0.1) is 11.8 Å². The minimum Gasteiger partial charge on any atom is -0.0978 e. The lowest BCUT2D eigenvalue weighted by Gasteiger charge is -1.95. The molecule has 20 heavy (non-hydrogen) atoms. The molecule has 0 bridgehead atoms. The average Bonchev–Trinajstić information content (AvgIpc) is 2.53. The minimum atomic E-state index is 0.879. The van der Waals surface area contributed by atoms with Crippen LogP contribution in [0.25, 0.3) is 0 Å². The summed E-state index contributed by atoms with van der Waals surface area (Å²) < 4.78 is 0. The van der Waals surface area contributed by atoms with Crippen LogP contribution in [0.1, 0.15) is 39.7 Å². The Bertz CT molecular complexity index is 490. The Hall–Kier alpha value is -2.00. The van der Waals surface area contributed by atoms with Crippen molar-refractivity contribution >= 4 is 0 Å². The standard InChI is InChI=1S/C18H20.C2H6/c1-4-16(3)15-17(5-2)11-9-10-14-18-12-7-6-8-13-18;1-2/h4-8,12-13,15H,2,10,14H2,1,3H3;1-2H3/b16-4-,17-15+;. The van der Waals surface area contributed by atoms with Crippen LogP contribution in [-0.2, 0) is 6.42 Å². The zero-order valence-electron chi connectivity index (χ0n) is 13.2. The van der Waals surface area contributed by atoms with Gasteiger partial charge in [-0.15, -0.1) is 0 Å². The first kappa shape index (κ1) is 18.0. The Morgan fingerprint density at radius 3 is 2.40 bits per heavy atom. The predicted molar refractivity (Wildman–Crippen MR) is 91.6 cm³/mol. The molecule has 0 radical (unpaired) electrons. The summed E-state index contributed by atoms with van der Waals surface area (Å²) in [6.07, 6.45) is 7.81.